The van der Waals surface area contributed by atoms with Crippen molar-refractivity contribution >= 4 is 11.9 Å². The first kappa shape index (κ1) is 15.5. The molecule has 0 saturated heterocycles. The third-order valence-corrected chi connectivity index (χ3v) is 4.06. The monoisotopic (exact) mass is 289 g/mol. The number of aryl methyl sites for hydroxylation is 1. The van der Waals surface area contributed by atoms with Crippen molar-refractivity contribution in [3.05, 3.63) is 34.9 Å². The summed E-state index contributed by atoms with van der Waals surface area (Å²) >= 11 is 0. The molecule has 0 saturated carbocycles. The molecule has 4 heteroatoms. The van der Waals surface area contributed by atoms with Crippen LogP contribution in [0.5, 0.6) is 0 Å². The maximum atomic E-state index is 11.6. The van der Waals surface area contributed by atoms with Crippen LogP contribution in [0.1, 0.15) is 60.0 Å². The molecule has 1 amide bonds. The van der Waals surface area contributed by atoms with Gasteiger partial charge in [0.25, 0.3) is 0 Å². The molecule has 1 aliphatic carbocycles. The van der Waals surface area contributed by atoms with E-state index in [1.807, 2.05) is 25.1 Å². The van der Waals surface area contributed by atoms with Crippen LogP contribution in [0.25, 0.3) is 0 Å². The molecule has 1 aromatic rings. The van der Waals surface area contributed by atoms with Crippen molar-refractivity contribution in [1.82, 2.24) is 5.32 Å². The normalized spacial score (nSPS) is 16.4. The molecule has 0 aliphatic heterocycles. The average molecular weight is 289 g/mol. The predicted octanol–water partition coefficient (Wildman–Crippen LogP) is 2.81. The van der Waals surface area contributed by atoms with Crippen molar-refractivity contribution in [3.8, 4) is 0 Å². The highest BCUT2D eigenvalue weighted by molar-refractivity contribution is 5.89. The molecular formula is C17H23NO3. The lowest BCUT2D eigenvalue weighted by Gasteiger charge is -2.13. The lowest BCUT2D eigenvalue weighted by molar-refractivity contribution is -0.121. The zero-order valence-electron chi connectivity index (χ0n) is 12.8. The molecule has 0 fully saturated rings. The fraction of sp³-hybridized carbons (Fsp3) is 0.529. The molecule has 0 radical (unpaired) electrons. The van der Waals surface area contributed by atoms with Crippen molar-refractivity contribution in [3.63, 3.8) is 0 Å². The van der Waals surface area contributed by atoms with Crippen molar-refractivity contribution < 1.29 is 14.3 Å². The lowest BCUT2D eigenvalue weighted by Crippen LogP contribution is -2.24. The maximum absolute atomic E-state index is 11.6. The molecule has 1 atom stereocenters. The van der Waals surface area contributed by atoms with Gasteiger partial charge < -0.3 is 10.1 Å². The molecular weight excluding hydrogens is 266 g/mol. The molecule has 0 heterocycles. The van der Waals surface area contributed by atoms with Crippen molar-refractivity contribution in [2.75, 3.05) is 13.7 Å². The molecule has 1 aliphatic rings. The Hall–Kier alpha value is -1.84. The summed E-state index contributed by atoms with van der Waals surface area (Å²) in [4.78, 5) is 23.1. The Bertz CT molecular complexity index is 525. The van der Waals surface area contributed by atoms with Crippen LogP contribution in [0, 0.1) is 0 Å². The number of carbonyl (C=O) groups is 2. The standard InChI is InChI=1S/C17H23NO3/c1-3-4-16(19)18-10-9-13-6-5-12-7-8-14(11-15(12)13)17(20)21-2/h7-8,11,13H,3-6,9-10H2,1-2H3,(H,18,19). The zero-order chi connectivity index (χ0) is 15.2. The molecule has 0 bridgehead atoms. The van der Waals surface area contributed by atoms with E-state index in [-0.39, 0.29) is 11.9 Å². The molecule has 4 nitrogen and oxygen atoms in total. The van der Waals surface area contributed by atoms with Gasteiger partial charge in [-0.15, -0.1) is 0 Å². The van der Waals surface area contributed by atoms with E-state index in [9.17, 15) is 9.59 Å². The van der Waals surface area contributed by atoms with Crippen LogP contribution in [0.4, 0.5) is 0 Å². The van der Waals surface area contributed by atoms with Gasteiger partial charge in [-0.1, -0.05) is 13.0 Å². The lowest BCUT2D eigenvalue weighted by atomic mass is 9.96. The van der Waals surface area contributed by atoms with Crippen molar-refractivity contribution in [2.45, 2.75) is 44.9 Å². The van der Waals surface area contributed by atoms with E-state index in [1.54, 1.807) is 0 Å². The van der Waals surface area contributed by atoms with Crippen LogP contribution in [0.3, 0.4) is 0 Å². The molecule has 2 rings (SSSR count). The third-order valence-electron chi connectivity index (χ3n) is 4.06. The van der Waals surface area contributed by atoms with Gasteiger partial charge in [0.05, 0.1) is 12.7 Å². The number of rotatable bonds is 6. The van der Waals surface area contributed by atoms with Gasteiger partial charge in [0.1, 0.15) is 0 Å². The summed E-state index contributed by atoms with van der Waals surface area (Å²) in [5.41, 5.74) is 3.16. The van der Waals surface area contributed by atoms with E-state index in [0.29, 0.717) is 24.4 Å². The van der Waals surface area contributed by atoms with Gasteiger partial charge in [0.15, 0.2) is 0 Å². The number of esters is 1. The molecule has 0 spiro atoms. The van der Waals surface area contributed by atoms with E-state index in [4.69, 9.17) is 4.74 Å². The largest absolute Gasteiger partial charge is 0.465 e. The molecule has 0 aromatic heterocycles. The van der Waals surface area contributed by atoms with Crippen LogP contribution >= 0.6 is 0 Å². The second kappa shape index (κ2) is 7.25. The number of carbonyl (C=O) groups excluding carboxylic acids is 2. The number of methoxy groups -OCH3 is 1. The second-order valence-electron chi connectivity index (χ2n) is 5.53. The van der Waals surface area contributed by atoms with E-state index < -0.39 is 0 Å². The summed E-state index contributed by atoms with van der Waals surface area (Å²) in [5.74, 6) is 0.255. The average Bonchev–Trinajstić information content (AvgIpc) is 2.89. The van der Waals surface area contributed by atoms with E-state index in [1.165, 1.54) is 18.2 Å². The third kappa shape index (κ3) is 3.84. The van der Waals surface area contributed by atoms with Gasteiger partial charge in [0, 0.05) is 13.0 Å². The summed E-state index contributed by atoms with van der Waals surface area (Å²) < 4.78 is 4.77. The van der Waals surface area contributed by atoms with Crippen LogP contribution in [-0.4, -0.2) is 25.5 Å². The maximum Gasteiger partial charge on any atom is 0.337 e. The highest BCUT2D eigenvalue weighted by atomic mass is 16.5. The fourth-order valence-electron chi connectivity index (χ4n) is 2.93. The Morgan fingerprint density at radius 2 is 2.19 bits per heavy atom. The summed E-state index contributed by atoms with van der Waals surface area (Å²) in [6.07, 6.45) is 4.52. The molecule has 1 N–H and O–H groups in total. The minimum absolute atomic E-state index is 0.124. The van der Waals surface area contributed by atoms with Crippen molar-refractivity contribution in [1.29, 1.82) is 0 Å². The zero-order valence-corrected chi connectivity index (χ0v) is 12.8. The summed E-state index contributed by atoms with van der Waals surface area (Å²) in [7, 11) is 1.40. The molecule has 114 valence electrons. The highest BCUT2D eigenvalue weighted by Gasteiger charge is 2.23. The minimum Gasteiger partial charge on any atom is -0.465 e. The van der Waals surface area contributed by atoms with Gasteiger partial charge in [0.2, 0.25) is 5.91 Å². The quantitative estimate of drug-likeness (QED) is 0.819. The summed E-state index contributed by atoms with van der Waals surface area (Å²) in [5, 5.41) is 2.96. The number of ether oxygens (including phenoxy) is 1. The first-order valence-electron chi connectivity index (χ1n) is 7.63. The number of nitrogens with one attached hydrogen (secondary N) is 1. The predicted molar refractivity (Wildman–Crippen MR) is 81.4 cm³/mol. The van der Waals surface area contributed by atoms with Crippen LogP contribution in [-0.2, 0) is 16.0 Å². The molecule has 1 unspecified atom stereocenters. The van der Waals surface area contributed by atoms with Gasteiger partial charge in [-0.25, -0.2) is 4.79 Å². The van der Waals surface area contributed by atoms with Crippen LogP contribution < -0.4 is 5.32 Å². The Morgan fingerprint density at radius 1 is 1.38 bits per heavy atom. The van der Waals surface area contributed by atoms with Crippen LogP contribution in [0.15, 0.2) is 18.2 Å². The highest BCUT2D eigenvalue weighted by Crippen LogP contribution is 2.35. The van der Waals surface area contributed by atoms with Gasteiger partial charge >= 0.3 is 5.97 Å². The molecule has 21 heavy (non-hydrogen) atoms. The smallest absolute Gasteiger partial charge is 0.337 e. The summed E-state index contributed by atoms with van der Waals surface area (Å²) in [6.45, 7) is 2.70. The minimum atomic E-state index is -0.292. The number of benzene rings is 1. The number of hydrogen-bond acceptors (Lipinski definition) is 3. The van der Waals surface area contributed by atoms with E-state index >= 15 is 0 Å². The Kier molecular flexibility index (Phi) is 5.37. The molecule has 1 aromatic carbocycles. The van der Waals surface area contributed by atoms with Gasteiger partial charge in [-0.3, -0.25) is 4.79 Å². The Labute approximate surface area is 125 Å². The number of amides is 1. The first-order valence-corrected chi connectivity index (χ1v) is 7.63. The second-order valence-corrected chi connectivity index (χ2v) is 5.53. The van der Waals surface area contributed by atoms with Crippen LogP contribution in [0.2, 0.25) is 0 Å². The van der Waals surface area contributed by atoms with Gasteiger partial charge in [-0.05, 0) is 54.9 Å². The topological polar surface area (TPSA) is 55.4 Å². The van der Waals surface area contributed by atoms with E-state index in [0.717, 1.165) is 25.7 Å². The Morgan fingerprint density at radius 3 is 2.90 bits per heavy atom. The SMILES string of the molecule is CCCC(=O)NCCC1CCc2ccc(C(=O)OC)cc21. The fourth-order valence-corrected chi connectivity index (χ4v) is 2.93. The Balaban J connectivity index is 1.97. The first-order chi connectivity index (χ1) is 10.2. The van der Waals surface area contributed by atoms with Crippen molar-refractivity contribution in [2.24, 2.45) is 0 Å². The number of hydrogen-bond donors (Lipinski definition) is 1. The van der Waals surface area contributed by atoms with Gasteiger partial charge in [-0.2, -0.15) is 0 Å². The number of fused-ring (bicyclic) bond motifs is 1. The van der Waals surface area contributed by atoms with E-state index in [2.05, 4.69) is 5.32 Å². The summed E-state index contributed by atoms with van der Waals surface area (Å²) in [6, 6.07) is 5.81.